The van der Waals surface area contributed by atoms with Crippen LogP contribution in [0.2, 0.25) is 0 Å². The highest BCUT2D eigenvalue weighted by Gasteiger charge is 2.29. The molecule has 0 N–H and O–H groups in total. The molecule has 4 nitrogen and oxygen atoms in total. The SMILES string of the molecule is CC(C)(CCC(C)(C)c1ncccn1)c1cncnc1. The largest absolute Gasteiger partial charge is 0.245 e. The van der Waals surface area contributed by atoms with E-state index in [0.717, 1.165) is 18.7 Å². The summed E-state index contributed by atoms with van der Waals surface area (Å²) in [5.74, 6) is 0.903. The molecule has 0 saturated carbocycles. The first kappa shape index (κ1) is 14.6. The van der Waals surface area contributed by atoms with Crippen molar-refractivity contribution in [3.8, 4) is 0 Å². The summed E-state index contributed by atoms with van der Waals surface area (Å²) in [6.45, 7) is 8.85. The third-order valence-corrected chi connectivity index (χ3v) is 3.89. The lowest BCUT2D eigenvalue weighted by atomic mass is 9.76. The molecule has 0 atom stereocenters. The zero-order valence-corrected chi connectivity index (χ0v) is 12.7. The van der Waals surface area contributed by atoms with E-state index in [2.05, 4.69) is 47.6 Å². The van der Waals surface area contributed by atoms with Crippen LogP contribution in [0.1, 0.15) is 51.9 Å². The van der Waals surface area contributed by atoms with Gasteiger partial charge in [-0.25, -0.2) is 19.9 Å². The minimum Gasteiger partial charge on any atom is -0.245 e. The zero-order valence-electron chi connectivity index (χ0n) is 12.7. The first-order chi connectivity index (χ1) is 9.42. The van der Waals surface area contributed by atoms with Gasteiger partial charge in [-0.1, -0.05) is 27.7 Å². The van der Waals surface area contributed by atoms with Crippen LogP contribution >= 0.6 is 0 Å². The number of hydrogen-bond acceptors (Lipinski definition) is 4. The average molecular weight is 270 g/mol. The Labute approximate surface area is 120 Å². The van der Waals surface area contributed by atoms with E-state index < -0.39 is 0 Å². The van der Waals surface area contributed by atoms with Gasteiger partial charge >= 0.3 is 0 Å². The molecule has 0 unspecified atom stereocenters. The standard InChI is InChI=1S/C16H22N4/c1-15(2,13-10-17-12-18-11-13)6-7-16(3,4)14-19-8-5-9-20-14/h5,8-12H,6-7H2,1-4H3. The minimum absolute atomic E-state index is 0.0336. The second-order valence-electron chi connectivity index (χ2n) is 6.47. The third-order valence-electron chi connectivity index (χ3n) is 3.89. The maximum Gasteiger partial charge on any atom is 0.133 e. The van der Waals surface area contributed by atoms with Gasteiger partial charge in [0.15, 0.2) is 0 Å². The summed E-state index contributed by atoms with van der Waals surface area (Å²) in [4.78, 5) is 17.0. The summed E-state index contributed by atoms with van der Waals surface area (Å²) in [6, 6.07) is 1.85. The Morgan fingerprint density at radius 1 is 0.850 bits per heavy atom. The number of nitrogens with zero attached hydrogens (tertiary/aromatic N) is 4. The maximum atomic E-state index is 4.39. The molecule has 0 fully saturated rings. The molecular formula is C16H22N4. The first-order valence-corrected chi connectivity index (χ1v) is 6.95. The normalized spacial score (nSPS) is 12.4. The monoisotopic (exact) mass is 270 g/mol. The highest BCUT2D eigenvalue weighted by molar-refractivity contribution is 5.16. The summed E-state index contributed by atoms with van der Waals surface area (Å²) < 4.78 is 0. The van der Waals surface area contributed by atoms with Gasteiger partial charge in [-0.2, -0.15) is 0 Å². The van der Waals surface area contributed by atoms with Crippen LogP contribution in [0.5, 0.6) is 0 Å². The van der Waals surface area contributed by atoms with Crippen LogP contribution in [0.4, 0.5) is 0 Å². The van der Waals surface area contributed by atoms with E-state index in [1.807, 2.05) is 18.5 Å². The van der Waals surface area contributed by atoms with Gasteiger partial charge in [-0.3, -0.25) is 0 Å². The molecule has 0 bridgehead atoms. The molecule has 106 valence electrons. The van der Waals surface area contributed by atoms with Crippen molar-refractivity contribution in [2.75, 3.05) is 0 Å². The maximum absolute atomic E-state index is 4.39. The number of rotatable bonds is 5. The highest BCUT2D eigenvalue weighted by atomic mass is 14.9. The molecule has 0 radical (unpaired) electrons. The molecule has 20 heavy (non-hydrogen) atoms. The molecule has 0 amide bonds. The van der Waals surface area contributed by atoms with Crippen molar-refractivity contribution < 1.29 is 0 Å². The van der Waals surface area contributed by atoms with Crippen molar-refractivity contribution in [2.24, 2.45) is 0 Å². The van der Waals surface area contributed by atoms with Crippen LogP contribution in [-0.4, -0.2) is 19.9 Å². The second kappa shape index (κ2) is 5.65. The molecule has 2 heterocycles. The molecular weight excluding hydrogens is 248 g/mol. The molecule has 0 aliphatic rings. The van der Waals surface area contributed by atoms with Crippen molar-refractivity contribution in [1.29, 1.82) is 0 Å². The van der Waals surface area contributed by atoms with Crippen LogP contribution in [0.15, 0.2) is 37.2 Å². The molecule has 2 aromatic rings. The second-order valence-corrected chi connectivity index (χ2v) is 6.47. The van der Waals surface area contributed by atoms with E-state index in [1.165, 1.54) is 5.56 Å². The lowest BCUT2D eigenvalue weighted by molar-refractivity contribution is 0.361. The summed E-state index contributed by atoms with van der Waals surface area (Å²) in [5.41, 5.74) is 1.19. The van der Waals surface area contributed by atoms with Gasteiger partial charge < -0.3 is 0 Å². The average Bonchev–Trinajstić information content (AvgIpc) is 2.47. The van der Waals surface area contributed by atoms with Crippen molar-refractivity contribution in [2.45, 2.75) is 51.4 Å². The van der Waals surface area contributed by atoms with E-state index in [-0.39, 0.29) is 10.8 Å². The summed E-state index contributed by atoms with van der Waals surface area (Å²) >= 11 is 0. The minimum atomic E-state index is -0.0336. The van der Waals surface area contributed by atoms with Crippen LogP contribution in [0.25, 0.3) is 0 Å². The third kappa shape index (κ3) is 3.38. The quantitative estimate of drug-likeness (QED) is 0.836. The van der Waals surface area contributed by atoms with Crippen LogP contribution in [0.3, 0.4) is 0 Å². The Bertz CT molecular complexity index is 483. The zero-order chi connectivity index (χ0) is 14.6. The predicted molar refractivity (Wildman–Crippen MR) is 79.4 cm³/mol. The van der Waals surface area contributed by atoms with E-state index in [4.69, 9.17) is 0 Å². The molecule has 0 spiro atoms. The smallest absolute Gasteiger partial charge is 0.133 e. The Hall–Kier alpha value is -1.84. The van der Waals surface area contributed by atoms with Crippen LogP contribution < -0.4 is 0 Å². The van der Waals surface area contributed by atoms with Gasteiger partial charge in [-0.05, 0) is 29.9 Å². The van der Waals surface area contributed by atoms with E-state index >= 15 is 0 Å². The summed E-state index contributed by atoms with van der Waals surface area (Å²) in [5, 5.41) is 0. The first-order valence-electron chi connectivity index (χ1n) is 6.95. The van der Waals surface area contributed by atoms with Gasteiger partial charge in [0.2, 0.25) is 0 Å². The topological polar surface area (TPSA) is 51.6 Å². The number of hydrogen-bond donors (Lipinski definition) is 0. The molecule has 0 aromatic carbocycles. The fraction of sp³-hybridized carbons (Fsp3) is 0.500. The van der Waals surface area contributed by atoms with Gasteiger partial charge in [0.1, 0.15) is 12.2 Å². The van der Waals surface area contributed by atoms with Crippen LogP contribution in [0, 0.1) is 0 Å². The van der Waals surface area contributed by atoms with E-state index in [9.17, 15) is 0 Å². The number of aromatic nitrogens is 4. The lowest BCUT2D eigenvalue weighted by Crippen LogP contribution is -2.26. The fourth-order valence-electron chi connectivity index (χ4n) is 2.18. The predicted octanol–water partition coefficient (Wildman–Crippen LogP) is 3.30. The highest BCUT2D eigenvalue weighted by Crippen LogP contribution is 2.34. The molecule has 0 aliphatic heterocycles. The Balaban J connectivity index is 2.08. The lowest BCUT2D eigenvalue weighted by Gasteiger charge is -2.30. The fourth-order valence-corrected chi connectivity index (χ4v) is 2.18. The Kier molecular flexibility index (Phi) is 4.12. The Morgan fingerprint density at radius 3 is 2.00 bits per heavy atom. The molecule has 2 rings (SSSR count). The van der Waals surface area contributed by atoms with Gasteiger partial charge in [0.25, 0.3) is 0 Å². The summed E-state index contributed by atoms with van der Waals surface area (Å²) in [7, 11) is 0. The van der Waals surface area contributed by atoms with Crippen molar-refractivity contribution in [3.63, 3.8) is 0 Å². The molecule has 4 heteroatoms. The van der Waals surface area contributed by atoms with Crippen molar-refractivity contribution in [3.05, 3.63) is 48.6 Å². The van der Waals surface area contributed by atoms with E-state index in [0.29, 0.717) is 0 Å². The molecule has 2 aromatic heterocycles. The van der Waals surface area contributed by atoms with Crippen molar-refractivity contribution in [1.82, 2.24) is 19.9 Å². The summed E-state index contributed by atoms with van der Waals surface area (Å²) in [6.07, 6.45) is 11.0. The van der Waals surface area contributed by atoms with Crippen molar-refractivity contribution >= 4 is 0 Å². The van der Waals surface area contributed by atoms with Gasteiger partial charge in [0, 0.05) is 30.2 Å². The Morgan fingerprint density at radius 2 is 1.40 bits per heavy atom. The van der Waals surface area contributed by atoms with Crippen LogP contribution in [-0.2, 0) is 10.8 Å². The van der Waals surface area contributed by atoms with Gasteiger partial charge in [0.05, 0.1) is 0 Å². The molecule has 0 saturated heterocycles. The molecule has 0 aliphatic carbocycles. The van der Waals surface area contributed by atoms with Gasteiger partial charge in [-0.15, -0.1) is 0 Å². The van der Waals surface area contributed by atoms with E-state index in [1.54, 1.807) is 18.7 Å².